The minimum atomic E-state index is -0.164. The lowest BCUT2D eigenvalue weighted by molar-refractivity contribution is -0.114. The van der Waals surface area contributed by atoms with Crippen molar-refractivity contribution in [2.75, 3.05) is 5.32 Å². The maximum atomic E-state index is 12.8. The predicted octanol–water partition coefficient (Wildman–Crippen LogP) is 2.43. The van der Waals surface area contributed by atoms with Crippen LogP contribution in [0.25, 0.3) is 0 Å². The molecule has 6 nitrogen and oxygen atoms in total. The third kappa shape index (κ3) is 4.18. The maximum absolute atomic E-state index is 12.8. The molecule has 0 fully saturated rings. The standard InChI is InChI=1S/C17H22N4O2/c1-12(2)21(11-16-18-8-9-20(16)4)17(23)14-6-5-7-15(10-14)19-13(3)22/h5-10,12H,11H2,1-4H3,(H,19,22). The summed E-state index contributed by atoms with van der Waals surface area (Å²) in [6.45, 7) is 5.82. The van der Waals surface area contributed by atoms with Gasteiger partial charge in [-0.1, -0.05) is 6.07 Å². The van der Waals surface area contributed by atoms with Gasteiger partial charge in [-0.2, -0.15) is 0 Å². The number of nitrogens with zero attached hydrogens (tertiary/aromatic N) is 3. The zero-order chi connectivity index (χ0) is 17.0. The van der Waals surface area contributed by atoms with Crippen molar-refractivity contribution < 1.29 is 9.59 Å². The van der Waals surface area contributed by atoms with Crippen LogP contribution in [0.5, 0.6) is 0 Å². The Balaban J connectivity index is 2.24. The van der Waals surface area contributed by atoms with Crippen molar-refractivity contribution in [3.63, 3.8) is 0 Å². The van der Waals surface area contributed by atoms with E-state index in [1.807, 2.05) is 31.7 Å². The Kier molecular flexibility index (Phi) is 5.16. The van der Waals surface area contributed by atoms with Crippen LogP contribution < -0.4 is 5.32 Å². The van der Waals surface area contributed by atoms with E-state index in [4.69, 9.17) is 0 Å². The van der Waals surface area contributed by atoms with Gasteiger partial charge in [0.25, 0.3) is 5.91 Å². The molecule has 0 spiro atoms. The molecule has 0 aliphatic carbocycles. The molecule has 0 aliphatic heterocycles. The van der Waals surface area contributed by atoms with Crippen molar-refractivity contribution in [3.8, 4) is 0 Å². The van der Waals surface area contributed by atoms with Gasteiger partial charge >= 0.3 is 0 Å². The Morgan fingerprint density at radius 1 is 1.35 bits per heavy atom. The Labute approximate surface area is 136 Å². The highest BCUT2D eigenvalue weighted by molar-refractivity contribution is 5.96. The lowest BCUT2D eigenvalue weighted by Gasteiger charge is -2.26. The Bertz CT molecular complexity index is 706. The summed E-state index contributed by atoms with van der Waals surface area (Å²) >= 11 is 0. The first-order valence-corrected chi connectivity index (χ1v) is 7.53. The van der Waals surface area contributed by atoms with Crippen LogP contribution in [0.15, 0.2) is 36.7 Å². The van der Waals surface area contributed by atoms with Crippen LogP contribution in [-0.4, -0.2) is 32.3 Å². The fourth-order valence-electron chi connectivity index (χ4n) is 2.29. The van der Waals surface area contributed by atoms with Gasteiger partial charge in [0.05, 0.1) is 6.54 Å². The van der Waals surface area contributed by atoms with E-state index >= 15 is 0 Å². The van der Waals surface area contributed by atoms with Crippen molar-refractivity contribution in [2.24, 2.45) is 7.05 Å². The van der Waals surface area contributed by atoms with Crippen LogP contribution in [0.3, 0.4) is 0 Å². The molecule has 6 heteroatoms. The van der Waals surface area contributed by atoms with Gasteiger partial charge in [-0.15, -0.1) is 0 Å². The second-order valence-corrected chi connectivity index (χ2v) is 5.74. The molecule has 2 amide bonds. The maximum Gasteiger partial charge on any atom is 0.254 e. The number of benzene rings is 1. The molecule has 1 N–H and O–H groups in total. The minimum Gasteiger partial charge on any atom is -0.337 e. The van der Waals surface area contributed by atoms with Crippen LogP contribution in [0.2, 0.25) is 0 Å². The van der Waals surface area contributed by atoms with E-state index in [-0.39, 0.29) is 17.9 Å². The van der Waals surface area contributed by atoms with Gasteiger partial charge in [0.1, 0.15) is 5.82 Å². The molecule has 0 saturated carbocycles. The number of amides is 2. The quantitative estimate of drug-likeness (QED) is 0.921. The van der Waals surface area contributed by atoms with E-state index in [0.29, 0.717) is 17.8 Å². The summed E-state index contributed by atoms with van der Waals surface area (Å²) in [7, 11) is 1.91. The summed E-state index contributed by atoms with van der Waals surface area (Å²) in [5.74, 6) is 0.573. The number of carbonyl (C=O) groups is 2. The highest BCUT2D eigenvalue weighted by atomic mass is 16.2. The lowest BCUT2D eigenvalue weighted by Crippen LogP contribution is -2.37. The van der Waals surface area contributed by atoms with E-state index in [0.717, 1.165) is 5.82 Å². The van der Waals surface area contributed by atoms with Crippen molar-refractivity contribution >= 4 is 17.5 Å². The number of hydrogen-bond donors (Lipinski definition) is 1. The number of hydrogen-bond acceptors (Lipinski definition) is 3. The van der Waals surface area contributed by atoms with Gasteiger partial charge < -0.3 is 14.8 Å². The number of imidazole rings is 1. The zero-order valence-electron chi connectivity index (χ0n) is 13.9. The normalized spacial score (nSPS) is 10.7. The fraction of sp³-hybridized carbons (Fsp3) is 0.353. The van der Waals surface area contributed by atoms with E-state index in [1.165, 1.54) is 6.92 Å². The van der Waals surface area contributed by atoms with Crippen LogP contribution in [0.1, 0.15) is 37.0 Å². The molecule has 0 atom stereocenters. The summed E-state index contributed by atoms with van der Waals surface area (Å²) < 4.78 is 1.90. The van der Waals surface area contributed by atoms with Gasteiger partial charge in [-0.25, -0.2) is 4.98 Å². The zero-order valence-corrected chi connectivity index (χ0v) is 13.9. The van der Waals surface area contributed by atoms with Gasteiger partial charge in [0.2, 0.25) is 5.91 Å². The van der Waals surface area contributed by atoms with E-state index in [9.17, 15) is 9.59 Å². The van der Waals surface area contributed by atoms with Crippen LogP contribution >= 0.6 is 0 Å². The van der Waals surface area contributed by atoms with E-state index < -0.39 is 0 Å². The summed E-state index contributed by atoms with van der Waals surface area (Å²) in [6, 6.07) is 7.00. The van der Waals surface area contributed by atoms with Gasteiger partial charge in [0, 0.05) is 43.7 Å². The molecular weight excluding hydrogens is 292 g/mol. The third-order valence-corrected chi connectivity index (χ3v) is 3.55. The second kappa shape index (κ2) is 7.09. The Morgan fingerprint density at radius 2 is 2.09 bits per heavy atom. The first kappa shape index (κ1) is 16.7. The fourth-order valence-corrected chi connectivity index (χ4v) is 2.29. The molecule has 23 heavy (non-hydrogen) atoms. The average molecular weight is 314 g/mol. The van der Waals surface area contributed by atoms with Crippen molar-refractivity contribution in [1.82, 2.24) is 14.5 Å². The van der Waals surface area contributed by atoms with Gasteiger partial charge in [-0.05, 0) is 32.0 Å². The molecule has 1 heterocycles. The van der Waals surface area contributed by atoms with Crippen molar-refractivity contribution in [1.29, 1.82) is 0 Å². The molecule has 1 aromatic heterocycles. The Hall–Kier alpha value is -2.63. The molecule has 2 aromatic rings. The van der Waals surface area contributed by atoms with E-state index in [2.05, 4.69) is 10.3 Å². The number of anilines is 1. The first-order valence-electron chi connectivity index (χ1n) is 7.53. The molecule has 0 bridgehead atoms. The third-order valence-electron chi connectivity index (χ3n) is 3.55. The highest BCUT2D eigenvalue weighted by Gasteiger charge is 2.21. The molecule has 122 valence electrons. The smallest absolute Gasteiger partial charge is 0.254 e. The Morgan fingerprint density at radius 3 is 2.65 bits per heavy atom. The van der Waals surface area contributed by atoms with Crippen LogP contribution in [0, 0.1) is 0 Å². The van der Waals surface area contributed by atoms with Gasteiger partial charge in [0.15, 0.2) is 0 Å². The molecule has 1 aromatic carbocycles. The largest absolute Gasteiger partial charge is 0.337 e. The number of aryl methyl sites for hydroxylation is 1. The topological polar surface area (TPSA) is 67.2 Å². The first-order chi connectivity index (χ1) is 10.9. The van der Waals surface area contributed by atoms with Crippen LogP contribution in [-0.2, 0) is 18.4 Å². The number of rotatable bonds is 5. The molecular formula is C17H22N4O2. The molecule has 0 radical (unpaired) electrons. The molecule has 0 unspecified atom stereocenters. The number of nitrogens with one attached hydrogen (secondary N) is 1. The number of carbonyl (C=O) groups excluding carboxylic acids is 2. The summed E-state index contributed by atoms with van der Waals surface area (Å²) in [6.07, 6.45) is 3.57. The summed E-state index contributed by atoms with van der Waals surface area (Å²) in [5.41, 5.74) is 1.16. The molecule has 0 aliphatic rings. The summed E-state index contributed by atoms with van der Waals surface area (Å²) in [5, 5.41) is 2.70. The van der Waals surface area contributed by atoms with Crippen LogP contribution in [0.4, 0.5) is 5.69 Å². The second-order valence-electron chi connectivity index (χ2n) is 5.74. The van der Waals surface area contributed by atoms with E-state index in [1.54, 1.807) is 35.4 Å². The lowest BCUT2D eigenvalue weighted by atomic mass is 10.1. The van der Waals surface area contributed by atoms with Crippen molar-refractivity contribution in [3.05, 3.63) is 48.0 Å². The molecule has 2 rings (SSSR count). The van der Waals surface area contributed by atoms with Crippen molar-refractivity contribution in [2.45, 2.75) is 33.4 Å². The number of aromatic nitrogens is 2. The van der Waals surface area contributed by atoms with Gasteiger partial charge in [-0.3, -0.25) is 9.59 Å². The minimum absolute atomic E-state index is 0.0311. The highest BCUT2D eigenvalue weighted by Crippen LogP contribution is 2.16. The monoisotopic (exact) mass is 314 g/mol. The molecule has 0 saturated heterocycles. The SMILES string of the molecule is CC(=O)Nc1cccc(C(=O)N(Cc2nccn2C)C(C)C)c1. The predicted molar refractivity (Wildman–Crippen MR) is 89.0 cm³/mol. The summed E-state index contributed by atoms with van der Waals surface area (Å²) in [4.78, 5) is 30.0. The average Bonchev–Trinajstić information content (AvgIpc) is 2.88.